The number of piperidine rings is 1. The number of hydrogen-bond donors (Lipinski definition) is 1. The van der Waals surface area contributed by atoms with Crippen LogP contribution in [0.5, 0.6) is 11.5 Å². The average molecular weight is 505 g/mol. The summed E-state index contributed by atoms with van der Waals surface area (Å²) in [7, 11) is 11.4. The Bertz CT molecular complexity index is 1460. The molecule has 3 aliphatic rings. The molecule has 1 amide bonds. The monoisotopic (exact) mass is 504 g/mol. The summed E-state index contributed by atoms with van der Waals surface area (Å²) in [5.74, 6) is 0.887. The van der Waals surface area contributed by atoms with Crippen LogP contribution in [0, 0.1) is 5.41 Å². The van der Waals surface area contributed by atoms with E-state index in [2.05, 4.69) is 4.98 Å². The second-order valence-corrected chi connectivity index (χ2v) is 10.7. The van der Waals surface area contributed by atoms with Crippen molar-refractivity contribution >= 4 is 44.2 Å². The third-order valence-electron chi connectivity index (χ3n) is 7.43. The van der Waals surface area contributed by atoms with Gasteiger partial charge < -0.3 is 19.5 Å². The summed E-state index contributed by atoms with van der Waals surface area (Å²) in [4.78, 5) is 32.3. The molecule has 4 heterocycles. The van der Waals surface area contributed by atoms with Gasteiger partial charge in [0, 0.05) is 24.6 Å². The Hall–Kier alpha value is -2.91. The fourth-order valence-electron chi connectivity index (χ4n) is 4.99. The SMILES string of the molecule is [B]C1([B])Oc2ccc(-n3c(Cl)cc4c(=O)n(CC5(O)CCN(C(=O)C6(C)CC6)CC5)cnc43)cc2O1. The Balaban J connectivity index is 1.25. The minimum atomic E-state index is -1.75. The maximum atomic E-state index is 13.3. The molecule has 1 aromatic carbocycles. The normalized spacial score (nSPS) is 21.0. The molecular formula is C24H23B2ClN4O5. The number of halogens is 1. The summed E-state index contributed by atoms with van der Waals surface area (Å²) in [6.45, 7) is 3.00. The second-order valence-electron chi connectivity index (χ2n) is 10.4. The number of benzene rings is 1. The zero-order chi connectivity index (χ0) is 25.5. The number of aliphatic hydroxyl groups is 1. The molecule has 3 aromatic rings. The van der Waals surface area contributed by atoms with Crippen molar-refractivity contribution in [3.63, 3.8) is 0 Å². The van der Waals surface area contributed by atoms with Crippen molar-refractivity contribution in [1.82, 2.24) is 19.0 Å². The highest BCUT2D eigenvalue weighted by Gasteiger charge is 2.48. The highest BCUT2D eigenvalue weighted by molar-refractivity contribution is 6.38. The number of likely N-dealkylation sites (tertiary alicyclic amines) is 1. The van der Waals surface area contributed by atoms with E-state index in [1.54, 1.807) is 28.8 Å². The molecule has 1 saturated heterocycles. The third-order valence-corrected chi connectivity index (χ3v) is 7.71. The lowest BCUT2D eigenvalue weighted by Gasteiger charge is -2.39. The average Bonchev–Trinajstić information content (AvgIpc) is 3.36. The lowest BCUT2D eigenvalue weighted by molar-refractivity contribution is -0.141. The van der Waals surface area contributed by atoms with Gasteiger partial charge in [0.15, 0.2) is 38.4 Å². The largest absolute Gasteiger partial charge is 0.468 e. The predicted molar refractivity (Wildman–Crippen MR) is 134 cm³/mol. The second kappa shape index (κ2) is 7.79. The Morgan fingerprint density at radius 2 is 1.83 bits per heavy atom. The zero-order valence-electron chi connectivity index (χ0n) is 19.7. The van der Waals surface area contributed by atoms with Crippen LogP contribution in [0.25, 0.3) is 16.7 Å². The van der Waals surface area contributed by atoms with E-state index in [1.165, 1.54) is 10.9 Å². The quantitative estimate of drug-likeness (QED) is 0.544. The van der Waals surface area contributed by atoms with Gasteiger partial charge in [-0.1, -0.05) is 18.5 Å². The highest BCUT2D eigenvalue weighted by Crippen LogP contribution is 2.47. The molecule has 0 spiro atoms. The molecule has 2 aliphatic heterocycles. The number of rotatable bonds is 4. The molecule has 2 aromatic heterocycles. The Kier molecular flexibility index (Phi) is 5.08. The lowest BCUT2D eigenvalue weighted by atomic mass is 9.76. The number of ether oxygens (including phenoxy) is 2. The zero-order valence-corrected chi connectivity index (χ0v) is 20.5. The number of carbonyl (C=O) groups excluding carboxylic acids is 1. The van der Waals surface area contributed by atoms with E-state index >= 15 is 0 Å². The van der Waals surface area contributed by atoms with E-state index in [0.29, 0.717) is 54.2 Å². The van der Waals surface area contributed by atoms with Gasteiger partial charge in [-0.3, -0.25) is 18.7 Å². The van der Waals surface area contributed by atoms with Gasteiger partial charge in [-0.15, -0.1) is 0 Å². The van der Waals surface area contributed by atoms with Gasteiger partial charge in [0.05, 0.1) is 23.2 Å². The van der Waals surface area contributed by atoms with Gasteiger partial charge in [0.1, 0.15) is 11.5 Å². The molecule has 4 radical (unpaired) electrons. The molecule has 1 aliphatic carbocycles. The van der Waals surface area contributed by atoms with Crippen LogP contribution in [-0.2, 0) is 11.3 Å². The fourth-order valence-corrected chi connectivity index (χ4v) is 5.28. The summed E-state index contributed by atoms with van der Waals surface area (Å²) in [6.07, 6.45) is 4.03. The predicted octanol–water partition coefficient (Wildman–Crippen LogP) is 1.71. The molecule has 2 fully saturated rings. The molecular weight excluding hydrogens is 481 g/mol. The van der Waals surface area contributed by atoms with Crippen LogP contribution in [0.2, 0.25) is 5.15 Å². The maximum Gasteiger partial charge on any atom is 0.262 e. The molecule has 0 bridgehead atoms. The van der Waals surface area contributed by atoms with Crippen LogP contribution in [0.15, 0.2) is 35.4 Å². The number of nitrogens with zero attached hydrogens (tertiary/aromatic N) is 4. The van der Waals surface area contributed by atoms with Crippen molar-refractivity contribution in [2.75, 3.05) is 13.1 Å². The van der Waals surface area contributed by atoms with Gasteiger partial charge in [-0.05, 0) is 43.9 Å². The number of fused-ring (bicyclic) bond motifs is 2. The fraction of sp³-hybridized carbons (Fsp3) is 0.458. The highest BCUT2D eigenvalue weighted by atomic mass is 35.5. The van der Waals surface area contributed by atoms with E-state index in [0.717, 1.165) is 12.8 Å². The summed E-state index contributed by atoms with van der Waals surface area (Å²) < 4.78 is 13.7. The Labute approximate surface area is 214 Å². The lowest BCUT2D eigenvalue weighted by Crippen LogP contribution is -2.51. The third kappa shape index (κ3) is 3.89. The molecule has 36 heavy (non-hydrogen) atoms. The summed E-state index contributed by atoms with van der Waals surface area (Å²) in [6, 6.07) is 6.56. The number of aromatic nitrogens is 3. The molecule has 1 N–H and O–H groups in total. The first kappa shape index (κ1) is 23.5. The molecule has 182 valence electrons. The molecule has 9 nitrogen and oxygen atoms in total. The Morgan fingerprint density at radius 1 is 1.14 bits per heavy atom. The first-order valence-corrected chi connectivity index (χ1v) is 12.2. The van der Waals surface area contributed by atoms with Gasteiger partial charge >= 0.3 is 0 Å². The Morgan fingerprint density at radius 3 is 2.53 bits per heavy atom. The number of hydrogen-bond acceptors (Lipinski definition) is 6. The minimum absolute atomic E-state index is 0.0793. The van der Waals surface area contributed by atoms with Crippen molar-refractivity contribution in [1.29, 1.82) is 0 Å². The van der Waals surface area contributed by atoms with Gasteiger partial charge in [-0.25, -0.2) is 4.98 Å². The summed E-state index contributed by atoms with van der Waals surface area (Å²) >= 11 is 6.51. The van der Waals surface area contributed by atoms with Gasteiger partial charge in [-0.2, -0.15) is 0 Å². The van der Waals surface area contributed by atoms with Gasteiger partial charge in [0.25, 0.3) is 5.56 Å². The van der Waals surface area contributed by atoms with Gasteiger partial charge in [0.2, 0.25) is 5.91 Å². The topological polar surface area (TPSA) is 98.8 Å². The van der Waals surface area contributed by atoms with Crippen LogP contribution >= 0.6 is 11.6 Å². The summed E-state index contributed by atoms with van der Waals surface area (Å²) in [5.41, 5.74) is -2.47. The van der Waals surface area contributed by atoms with E-state index in [-0.39, 0.29) is 28.6 Å². The van der Waals surface area contributed by atoms with Crippen LogP contribution in [-0.4, -0.2) is 70.0 Å². The molecule has 0 atom stereocenters. The number of carbonyl (C=O) groups is 1. The van der Waals surface area contributed by atoms with E-state index in [1.807, 2.05) is 11.8 Å². The van der Waals surface area contributed by atoms with E-state index < -0.39 is 11.2 Å². The summed E-state index contributed by atoms with van der Waals surface area (Å²) in [5, 5.41) is 11.8. The van der Waals surface area contributed by atoms with Crippen molar-refractivity contribution in [2.45, 2.75) is 50.3 Å². The van der Waals surface area contributed by atoms with Crippen LogP contribution < -0.4 is 15.0 Å². The molecule has 12 heteroatoms. The van der Waals surface area contributed by atoms with Crippen molar-refractivity contribution in [3.05, 3.63) is 46.1 Å². The van der Waals surface area contributed by atoms with Crippen molar-refractivity contribution < 1.29 is 19.4 Å². The van der Waals surface area contributed by atoms with Crippen LogP contribution in [0.3, 0.4) is 0 Å². The standard InChI is InChI=1S/C24H23B2ClN4O5/c1-22(4-5-22)21(33)29-8-6-23(34,7-9-29)12-30-13-28-19-15(20(30)32)11-18(27)31(19)14-2-3-16-17(10-14)36-24(25,26)35-16/h2-3,10-11,13,34H,4-9,12H2,1H3. The van der Waals surface area contributed by atoms with Crippen LogP contribution in [0.1, 0.15) is 32.6 Å². The molecule has 6 rings (SSSR count). The number of amides is 1. The first-order valence-electron chi connectivity index (χ1n) is 11.9. The van der Waals surface area contributed by atoms with E-state index in [4.69, 9.17) is 36.8 Å². The van der Waals surface area contributed by atoms with Crippen molar-refractivity contribution in [2.24, 2.45) is 5.41 Å². The minimum Gasteiger partial charge on any atom is -0.468 e. The molecule has 1 saturated carbocycles. The first-order chi connectivity index (χ1) is 17.0. The maximum absolute atomic E-state index is 13.3. The smallest absolute Gasteiger partial charge is 0.262 e. The van der Waals surface area contributed by atoms with E-state index in [9.17, 15) is 14.7 Å². The van der Waals surface area contributed by atoms with Crippen LogP contribution in [0.4, 0.5) is 0 Å². The molecule has 0 unspecified atom stereocenters. The van der Waals surface area contributed by atoms with Crippen molar-refractivity contribution in [3.8, 4) is 17.2 Å².